The fourth-order valence-electron chi connectivity index (χ4n) is 2.45. The molecule has 0 bridgehead atoms. The lowest BCUT2D eigenvalue weighted by Crippen LogP contribution is -2.47. The number of rotatable bonds is 6. The normalized spacial score (nSPS) is 16.4. The topological polar surface area (TPSA) is 74.2 Å². The van der Waals surface area contributed by atoms with E-state index in [2.05, 4.69) is 40.5 Å². The second kappa shape index (κ2) is 10.1. The van der Waals surface area contributed by atoms with Crippen molar-refractivity contribution in [2.24, 2.45) is 0 Å². The van der Waals surface area contributed by atoms with E-state index in [1.54, 1.807) is 11.8 Å². The minimum absolute atomic E-state index is 0.142. The lowest BCUT2D eigenvalue weighted by atomic mass is 9.92. The van der Waals surface area contributed by atoms with Gasteiger partial charge in [0.25, 0.3) is 0 Å². The zero-order valence-corrected chi connectivity index (χ0v) is 16.5. The van der Waals surface area contributed by atoms with Crippen molar-refractivity contribution < 1.29 is 9.53 Å². The minimum atomic E-state index is -0.630. The van der Waals surface area contributed by atoms with Crippen molar-refractivity contribution in [2.75, 3.05) is 12.9 Å². The predicted molar refractivity (Wildman–Crippen MR) is 112 cm³/mol. The zero-order valence-electron chi connectivity index (χ0n) is 14.9. The number of hydrogen-bond donors (Lipinski definition) is 3. The lowest BCUT2D eigenvalue weighted by molar-refractivity contribution is 0.176. The monoisotopic (exact) mass is 389 g/mol. The molecule has 5 nitrogen and oxygen atoms in total. The molecule has 0 saturated carbocycles. The van der Waals surface area contributed by atoms with Crippen molar-refractivity contribution in [1.82, 2.24) is 10.6 Å². The molecule has 1 aliphatic carbocycles. The quantitative estimate of drug-likeness (QED) is 0.645. The molecular formula is C19H23N3O2S2. The van der Waals surface area contributed by atoms with Crippen molar-refractivity contribution in [3.63, 3.8) is 0 Å². The molecule has 2 rings (SSSR count). The van der Waals surface area contributed by atoms with E-state index in [9.17, 15) is 4.79 Å². The van der Waals surface area contributed by atoms with E-state index in [0.29, 0.717) is 12.1 Å². The van der Waals surface area contributed by atoms with Crippen molar-refractivity contribution in [3.05, 3.63) is 58.5 Å². The standard InChI is InChI=1S/C19H23N3O2S2/c1-3-9-26-15-11-14(10-13-7-5-4-6-8-13)17(20)16(12-15)21-18(25)22-19(23)24-2/h4-8,11-12,16,20H,3,9-10H2,1-2H3,(H2,21,22,23,25). The summed E-state index contributed by atoms with van der Waals surface area (Å²) in [5.74, 6) is 1.01. The third kappa shape index (κ3) is 6.00. The smallest absolute Gasteiger partial charge is 0.413 e. The highest BCUT2D eigenvalue weighted by atomic mass is 32.2. The van der Waals surface area contributed by atoms with Gasteiger partial charge in [-0.1, -0.05) is 37.3 Å². The first-order chi connectivity index (χ1) is 12.5. The van der Waals surface area contributed by atoms with Crippen LogP contribution in [-0.2, 0) is 11.2 Å². The molecule has 0 aromatic heterocycles. The molecule has 0 heterocycles. The Morgan fingerprint density at radius 2 is 2.08 bits per heavy atom. The van der Waals surface area contributed by atoms with Crippen LogP contribution in [-0.4, -0.2) is 35.8 Å². The molecule has 1 atom stereocenters. The molecule has 138 valence electrons. The Labute approximate surface area is 163 Å². The van der Waals surface area contributed by atoms with Crippen LogP contribution < -0.4 is 10.6 Å². The first kappa shape index (κ1) is 20.2. The van der Waals surface area contributed by atoms with Crippen molar-refractivity contribution in [1.29, 1.82) is 5.41 Å². The van der Waals surface area contributed by atoms with Crippen molar-refractivity contribution in [2.45, 2.75) is 25.8 Å². The Morgan fingerprint density at radius 1 is 1.35 bits per heavy atom. The van der Waals surface area contributed by atoms with Crippen LogP contribution in [0.15, 0.2) is 53.0 Å². The highest BCUT2D eigenvalue weighted by Crippen LogP contribution is 2.27. The first-order valence-electron chi connectivity index (χ1n) is 8.37. The van der Waals surface area contributed by atoms with E-state index >= 15 is 0 Å². The molecule has 1 aromatic carbocycles. The molecule has 1 aliphatic rings. The molecule has 0 aliphatic heterocycles. The van der Waals surface area contributed by atoms with Crippen LogP contribution in [0.2, 0.25) is 0 Å². The Bertz CT molecular complexity index is 730. The van der Waals surface area contributed by atoms with Crippen LogP contribution in [0.3, 0.4) is 0 Å². The van der Waals surface area contributed by atoms with E-state index in [1.165, 1.54) is 7.11 Å². The van der Waals surface area contributed by atoms with Crippen LogP contribution >= 0.6 is 24.0 Å². The SMILES string of the molecule is CCCSC1=CC(NC(=S)NC(=O)OC)C(=N)C(Cc2ccccc2)=C1. The van der Waals surface area contributed by atoms with Crippen LogP contribution in [0, 0.1) is 5.41 Å². The molecule has 3 N–H and O–H groups in total. The molecule has 1 aromatic rings. The molecular weight excluding hydrogens is 366 g/mol. The molecule has 0 radical (unpaired) electrons. The van der Waals surface area contributed by atoms with Gasteiger partial charge in [0.2, 0.25) is 0 Å². The summed E-state index contributed by atoms with van der Waals surface area (Å²) >= 11 is 6.91. The van der Waals surface area contributed by atoms with E-state index < -0.39 is 6.09 Å². The maximum absolute atomic E-state index is 11.3. The number of nitrogens with one attached hydrogen (secondary N) is 3. The molecule has 7 heteroatoms. The Morgan fingerprint density at radius 3 is 2.73 bits per heavy atom. The summed E-state index contributed by atoms with van der Waals surface area (Å²) in [6, 6.07) is 9.69. The number of alkyl carbamates (subject to hydrolysis) is 1. The molecule has 0 saturated heterocycles. The average Bonchev–Trinajstić information content (AvgIpc) is 2.64. The number of carbonyl (C=O) groups excluding carboxylic acids is 1. The minimum Gasteiger partial charge on any atom is -0.453 e. The summed E-state index contributed by atoms with van der Waals surface area (Å²) in [6.45, 7) is 2.14. The van der Waals surface area contributed by atoms with Gasteiger partial charge in [0, 0.05) is 4.91 Å². The van der Waals surface area contributed by atoms with E-state index in [4.69, 9.17) is 17.6 Å². The second-order valence-corrected chi connectivity index (χ2v) is 7.31. The van der Waals surface area contributed by atoms with Crippen LogP contribution in [0.1, 0.15) is 18.9 Å². The van der Waals surface area contributed by atoms with Gasteiger partial charge in [-0.3, -0.25) is 5.32 Å². The van der Waals surface area contributed by atoms with Crippen molar-refractivity contribution >= 4 is 40.9 Å². The number of amides is 1. The van der Waals surface area contributed by atoms with Crippen LogP contribution in [0.4, 0.5) is 4.79 Å². The Kier molecular flexibility index (Phi) is 7.87. The Hall–Kier alpha value is -2.12. The van der Waals surface area contributed by atoms with Gasteiger partial charge in [-0.25, -0.2) is 4.79 Å². The number of ether oxygens (including phenoxy) is 1. The van der Waals surface area contributed by atoms with Gasteiger partial charge < -0.3 is 15.5 Å². The maximum atomic E-state index is 11.3. The molecule has 0 spiro atoms. The molecule has 0 fully saturated rings. The third-order valence-corrected chi connectivity index (χ3v) is 5.12. The van der Waals surface area contributed by atoms with Crippen molar-refractivity contribution in [3.8, 4) is 0 Å². The van der Waals surface area contributed by atoms with Crippen LogP contribution in [0.5, 0.6) is 0 Å². The van der Waals surface area contributed by atoms with Crippen LogP contribution in [0.25, 0.3) is 0 Å². The fraction of sp³-hybridized carbons (Fsp3) is 0.316. The maximum Gasteiger partial charge on any atom is 0.413 e. The number of hydrogen-bond acceptors (Lipinski definition) is 5. The third-order valence-electron chi connectivity index (χ3n) is 3.70. The summed E-state index contributed by atoms with van der Waals surface area (Å²) in [7, 11) is 1.28. The fourth-order valence-corrected chi connectivity index (χ4v) is 3.56. The van der Waals surface area contributed by atoms with Gasteiger partial charge in [-0.2, -0.15) is 0 Å². The van der Waals surface area contributed by atoms with Gasteiger partial charge in [-0.15, -0.1) is 11.8 Å². The number of methoxy groups -OCH3 is 1. The largest absolute Gasteiger partial charge is 0.453 e. The Balaban J connectivity index is 2.16. The van der Waals surface area contributed by atoms with Gasteiger partial charge >= 0.3 is 6.09 Å². The predicted octanol–water partition coefficient (Wildman–Crippen LogP) is 3.82. The number of thioether (sulfide) groups is 1. The molecule has 1 amide bonds. The summed E-state index contributed by atoms with van der Waals surface area (Å²) < 4.78 is 4.55. The second-order valence-electron chi connectivity index (χ2n) is 5.73. The van der Waals surface area contributed by atoms with Gasteiger partial charge in [-0.05, 0) is 54.1 Å². The summed E-state index contributed by atoms with van der Waals surface area (Å²) in [6.07, 6.45) is 5.17. The number of carbonyl (C=O) groups is 1. The van der Waals surface area contributed by atoms with E-state index in [1.807, 2.05) is 24.3 Å². The average molecular weight is 390 g/mol. The number of allylic oxidation sites excluding steroid dienone is 1. The zero-order chi connectivity index (χ0) is 18.9. The highest BCUT2D eigenvalue weighted by molar-refractivity contribution is 8.03. The van der Waals surface area contributed by atoms with E-state index in [0.717, 1.165) is 28.2 Å². The van der Waals surface area contributed by atoms with Gasteiger partial charge in [0.15, 0.2) is 5.11 Å². The summed E-state index contributed by atoms with van der Waals surface area (Å²) in [5, 5.41) is 14.1. The van der Waals surface area contributed by atoms with E-state index in [-0.39, 0.29) is 11.2 Å². The summed E-state index contributed by atoms with van der Waals surface area (Å²) in [4.78, 5) is 12.4. The highest BCUT2D eigenvalue weighted by Gasteiger charge is 2.23. The van der Waals surface area contributed by atoms with Gasteiger partial charge in [0.05, 0.1) is 18.9 Å². The molecule has 1 unspecified atom stereocenters. The number of thiocarbonyl (C=S) groups is 1. The lowest BCUT2D eigenvalue weighted by Gasteiger charge is -2.25. The molecule has 26 heavy (non-hydrogen) atoms. The number of benzene rings is 1. The van der Waals surface area contributed by atoms with Gasteiger partial charge in [0.1, 0.15) is 0 Å². The first-order valence-corrected chi connectivity index (χ1v) is 9.76. The summed E-state index contributed by atoms with van der Waals surface area (Å²) in [5.41, 5.74) is 2.54.